The van der Waals surface area contributed by atoms with Crippen molar-refractivity contribution in [2.24, 2.45) is 0 Å². The van der Waals surface area contributed by atoms with Crippen LogP contribution < -0.4 is 10.6 Å². The molecular weight excluding hydrogens is 228 g/mol. The Morgan fingerprint density at radius 2 is 2.00 bits per heavy atom. The van der Waals surface area contributed by atoms with Crippen molar-refractivity contribution in [3.8, 4) is 0 Å². The van der Waals surface area contributed by atoms with E-state index in [2.05, 4.69) is 29.4 Å². The molecule has 1 heterocycles. The fourth-order valence-corrected chi connectivity index (χ4v) is 2.47. The first kappa shape index (κ1) is 15.4. The van der Waals surface area contributed by atoms with Gasteiger partial charge in [0, 0.05) is 38.3 Å². The Balaban J connectivity index is 2.56. The van der Waals surface area contributed by atoms with Crippen LogP contribution in [0.25, 0.3) is 0 Å². The van der Waals surface area contributed by atoms with Gasteiger partial charge in [-0.2, -0.15) is 0 Å². The van der Waals surface area contributed by atoms with Crippen molar-refractivity contribution in [2.45, 2.75) is 38.9 Å². The monoisotopic (exact) mass is 256 g/mol. The molecule has 0 aromatic carbocycles. The number of nitrogens with one attached hydrogen (secondary N) is 2. The van der Waals surface area contributed by atoms with Gasteiger partial charge >= 0.3 is 0 Å². The second kappa shape index (κ2) is 7.07. The predicted molar refractivity (Wildman–Crippen MR) is 74.7 cm³/mol. The number of hydrogen-bond acceptors (Lipinski definition) is 4. The molecule has 1 aliphatic heterocycles. The maximum Gasteiger partial charge on any atom is 0.241 e. The molecule has 0 spiro atoms. The quantitative estimate of drug-likeness (QED) is 0.711. The summed E-state index contributed by atoms with van der Waals surface area (Å²) in [6, 6.07) is 0.618. The summed E-state index contributed by atoms with van der Waals surface area (Å²) >= 11 is 0. The topological polar surface area (TPSA) is 47.6 Å². The summed E-state index contributed by atoms with van der Waals surface area (Å²) in [4.78, 5) is 16.6. The number of likely N-dealkylation sites (N-methyl/N-ethyl adjacent to an activating group) is 2. The Hall–Kier alpha value is -0.650. The highest BCUT2D eigenvalue weighted by Gasteiger charge is 2.29. The Morgan fingerprint density at radius 3 is 2.44 bits per heavy atom. The maximum atomic E-state index is 12.5. The van der Waals surface area contributed by atoms with Crippen LogP contribution in [0, 0.1) is 0 Å². The van der Waals surface area contributed by atoms with E-state index < -0.39 is 0 Å². The normalized spacial score (nSPS) is 26.1. The van der Waals surface area contributed by atoms with E-state index in [-0.39, 0.29) is 18.0 Å². The van der Waals surface area contributed by atoms with Gasteiger partial charge in [0.25, 0.3) is 0 Å². The van der Waals surface area contributed by atoms with Crippen LogP contribution >= 0.6 is 0 Å². The molecule has 3 atom stereocenters. The molecule has 0 radical (unpaired) electrons. The molecule has 0 bridgehead atoms. The van der Waals surface area contributed by atoms with Crippen LogP contribution in [0.15, 0.2) is 0 Å². The molecule has 0 aliphatic carbocycles. The van der Waals surface area contributed by atoms with Crippen LogP contribution in [0.1, 0.15) is 20.8 Å². The summed E-state index contributed by atoms with van der Waals surface area (Å²) in [5.41, 5.74) is 0. The van der Waals surface area contributed by atoms with E-state index in [1.807, 2.05) is 25.9 Å². The van der Waals surface area contributed by atoms with E-state index in [0.717, 1.165) is 26.2 Å². The lowest BCUT2D eigenvalue weighted by Crippen LogP contribution is -2.61. The standard InChI is InChI=1S/C13H28N4O/c1-6-17(11(3)9-16(4)5)13(18)12-8-14-10(2)7-15-12/h10-12,14-15H,6-9H2,1-5H3. The molecule has 1 aliphatic rings. The lowest BCUT2D eigenvalue weighted by Gasteiger charge is -2.36. The summed E-state index contributed by atoms with van der Waals surface area (Å²) in [6.45, 7) is 9.53. The molecule has 1 saturated heterocycles. The predicted octanol–water partition coefficient (Wildman–Crippen LogP) is -0.265. The number of nitrogens with zero attached hydrogens (tertiary/aromatic N) is 2. The minimum atomic E-state index is -0.0780. The van der Waals surface area contributed by atoms with E-state index in [0.29, 0.717) is 6.04 Å². The molecule has 3 unspecified atom stereocenters. The number of hydrogen-bond donors (Lipinski definition) is 2. The fraction of sp³-hybridized carbons (Fsp3) is 0.923. The van der Waals surface area contributed by atoms with E-state index in [1.165, 1.54) is 0 Å². The molecule has 0 aromatic heterocycles. The first-order chi connectivity index (χ1) is 8.45. The third kappa shape index (κ3) is 4.23. The molecule has 0 aromatic rings. The van der Waals surface area contributed by atoms with Gasteiger partial charge in [-0.25, -0.2) is 0 Å². The Kier molecular flexibility index (Phi) is 6.05. The van der Waals surface area contributed by atoms with Gasteiger partial charge in [0.15, 0.2) is 0 Å². The summed E-state index contributed by atoms with van der Waals surface area (Å²) in [6.07, 6.45) is 0. The van der Waals surface area contributed by atoms with E-state index in [4.69, 9.17) is 0 Å². The second-order valence-corrected chi connectivity index (χ2v) is 5.51. The Bertz CT molecular complexity index is 262. The molecule has 106 valence electrons. The summed E-state index contributed by atoms with van der Waals surface area (Å²) in [5, 5.41) is 6.68. The Morgan fingerprint density at radius 1 is 1.33 bits per heavy atom. The van der Waals surface area contributed by atoms with Crippen molar-refractivity contribution in [1.82, 2.24) is 20.4 Å². The molecular formula is C13H28N4O. The third-order valence-electron chi connectivity index (χ3n) is 3.42. The SMILES string of the molecule is CCN(C(=O)C1CNC(C)CN1)C(C)CN(C)C. The largest absolute Gasteiger partial charge is 0.338 e. The molecule has 1 amide bonds. The maximum absolute atomic E-state index is 12.5. The van der Waals surface area contributed by atoms with Crippen LogP contribution in [0.3, 0.4) is 0 Å². The van der Waals surface area contributed by atoms with Crippen molar-refractivity contribution in [3.63, 3.8) is 0 Å². The summed E-state index contributed by atoms with van der Waals surface area (Å²) < 4.78 is 0. The van der Waals surface area contributed by atoms with Crippen molar-refractivity contribution < 1.29 is 4.79 Å². The zero-order valence-electron chi connectivity index (χ0n) is 12.4. The van der Waals surface area contributed by atoms with Gasteiger partial charge < -0.3 is 20.4 Å². The van der Waals surface area contributed by atoms with Gasteiger partial charge in [0.2, 0.25) is 5.91 Å². The summed E-state index contributed by atoms with van der Waals surface area (Å²) in [5.74, 6) is 0.214. The average Bonchev–Trinajstić information content (AvgIpc) is 2.29. The molecule has 1 fully saturated rings. The molecule has 5 heteroatoms. The minimum Gasteiger partial charge on any atom is -0.338 e. The number of rotatable bonds is 5. The molecule has 0 saturated carbocycles. The highest BCUT2D eigenvalue weighted by molar-refractivity contribution is 5.82. The van der Waals surface area contributed by atoms with Gasteiger partial charge in [-0.05, 0) is 34.9 Å². The summed E-state index contributed by atoms with van der Waals surface area (Å²) in [7, 11) is 4.08. The van der Waals surface area contributed by atoms with Gasteiger partial charge in [0.1, 0.15) is 0 Å². The van der Waals surface area contributed by atoms with Gasteiger partial charge in [-0.3, -0.25) is 4.79 Å². The number of carbonyl (C=O) groups is 1. The minimum absolute atomic E-state index is 0.0780. The molecule has 18 heavy (non-hydrogen) atoms. The van der Waals surface area contributed by atoms with Crippen LogP contribution in [-0.2, 0) is 4.79 Å². The highest BCUT2D eigenvalue weighted by Crippen LogP contribution is 2.05. The lowest BCUT2D eigenvalue weighted by atomic mass is 10.1. The average molecular weight is 256 g/mol. The second-order valence-electron chi connectivity index (χ2n) is 5.51. The fourth-order valence-electron chi connectivity index (χ4n) is 2.47. The van der Waals surface area contributed by atoms with Crippen LogP contribution in [-0.4, -0.2) is 74.1 Å². The van der Waals surface area contributed by atoms with Crippen LogP contribution in [0.2, 0.25) is 0 Å². The van der Waals surface area contributed by atoms with E-state index in [1.54, 1.807) is 0 Å². The van der Waals surface area contributed by atoms with Crippen molar-refractivity contribution in [2.75, 3.05) is 40.3 Å². The Labute approximate surface area is 111 Å². The molecule has 1 rings (SSSR count). The van der Waals surface area contributed by atoms with Crippen molar-refractivity contribution in [3.05, 3.63) is 0 Å². The van der Waals surface area contributed by atoms with Gasteiger partial charge in [-0.15, -0.1) is 0 Å². The number of carbonyl (C=O) groups excluding carboxylic acids is 1. The van der Waals surface area contributed by atoms with Gasteiger partial charge in [-0.1, -0.05) is 0 Å². The van der Waals surface area contributed by atoms with Gasteiger partial charge in [0.05, 0.1) is 6.04 Å². The highest BCUT2D eigenvalue weighted by atomic mass is 16.2. The smallest absolute Gasteiger partial charge is 0.241 e. The van der Waals surface area contributed by atoms with Crippen molar-refractivity contribution in [1.29, 1.82) is 0 Å². The molecule has 5 nitrogen and oxygen atoms in total. The molecule has 2 N–H and O–H groups in total. The van der Waals surface area contributed by atoms with Crippen LogP contribution in [0.5, 0.6) is 0 Å². The zero-order chi connectivity index (χ0) is 13.7. The third-order valence-corrected chi connectivity index (χ3v) is 3.42. The number of amides is 1. The number of piperazine rings is 1. The lowest BCUT2D eigenvalue weighted by molar-refractivity contribution is -0.135. The zero-order valence-corrected chi connectivity index (χ0v) is 12.4. The van der Waals surface area contributed by atoms with Crippen molar-refractivity contribution >= 4 is 5.91 Å². The van der Waals surface area contributed by atoms with E-state index in [9.17, 15) is 4.79 Å². The van der Waals surface area contributed by atoms with Crippen LogP contribution in [0.4, 0.5) is 0 Å². The van der Waals surface area contributed by atoms with E-state index >= 15 is 0 Å². The first-order valence-electron chi connectivity index (χ1n) is 6.87. The first-order valence-corrected chi connectivity index (χ1v) is 6.87.